The van der Waals surface area contributed by atoms with Crippen LogP contribution >= 0.6 is 11.6 Å². The third-order valence-corrected chi connectivity index (χ3v) is 3.16. The molecule has 0 spiro atoms. The average molecular weight is 239 g/mol. The molecule has 0 amide bonds. The van der Waals surface area contributed by atoms with E-state index in [-0.39, 0.29) is 5.41 Å². The van der Waals surface area contributed by atoms with Gasteiger partial charge in [0.15, 0.2) is 0 Å². The van der Waals surface area contributed by atoms with Gasteiger partial charge in [0.1, 0.15) is 0 Å². The lowest BCUT2D eigenvalue weighted by Crippen LogP contribution is -2.09. The predicted octanol–water partition coefficient (Wildman–Crippen LogP) is 5.62. The maximum atomic E-state index is 5.78. The standard InChI is InChI=1S/C15H23Cl/c1-6-14(10-9-13(4)16)11-12-15(5,7-2)8-3/h6,9-12H,1,7-8H2,2-5H3/b12-11-,13-9+,14-10+. The van der Waals surface area contributed by atoms with Crippen LogP contribution in [0.15, 0.2) is 47.6 Å². The SMILES string of the molecule is C=CC(/C=C\C(C)(CC)CC)=C\C=C(/C)Cl. The van der Waals surface area contributed by atoms with E-state index in [0.717, 1.165) is 23.4 Å². The monoisotopic (exact) mass is 238 g/mol. The van der Waals surface area contributed by atoms with Gasteiger partial charge in [0, 0.05) is 5.03 Å². The summed E-state index contributed by atoms with van der Waals surface area (Å²) in [6.07, 6.45) is 12.4. The van der Waals surface area contributed by atoms with Gasteiger partial charge in [0.05, 0.1) is 0 Å². The van der Waals surface area contributed by atoms with Crippen molar-refractivity contribution in [3.8, 4) is 0 Å². The summed E-state index contributed by atoms with van der Waals surface area (Å²) in [5.74, 6) is 0. The van der Waals surface area contributed by atoms with E-state index in [2.05, 4.69) is 39.5 Å². The second kappa shape index (κ2) is 7.51. The van der Waals surface area contributed by atoms with Crippen LogP contribution in [-0.4, -0.2) is 0 Å². The molecule has 0 unspecified atom stereocenters. The average Bonchev–Trinajstić information content (AvgIpc) is 2.28. The summed E-state index contributed by atoms with van der Waals surface area (Å²) < 4.78 is 0. The van der Waals surface area contributed by atoms with Gasteiger partial charge < -0.3 is 0 Å². The molecule has 0 rings (SSSR count). The highest BCUT2D eigenvalue weighted by Gasteiger charge is 2.14. The number of rotatable bonds is 6. The maximum Gasteiger partial charge on any atom is 0.0150 e. The summed E-state index contributed by atoms with van der Waals surface area (Å²) in [5.41, 5.74) is 1.37. The van der Waals surface area contributed by atoms with Crippen molar-refractivity contribution >= 4 is 11.6 Å². The zero-order valence-corrected chi connectivity index (χ0v) is 11.6. The molecule has 0 aliphatic heterocycles. The van der Waals surface area contributed by atoms with Gasteiger partial charge in [-0.1, -0.05) is 63.3 Å². The fourth-order valence-corrected chi connectivity index (χ4v) is 1.25. The fraction of sp³-hybridized carbons (Fsp3) is 0.467. The Balaban J connectivity index is 4.79. The molecule has 0 aliphatic carbocycles. The number of hydrogen-bond donors (Lipinski definition) is 0. The third kappa shape index (κ3) is 5.97. The lowest BCUT2D eigenvalue weighted by atomic mass is 9.84. The molecule has 0 aromatic carbocycles. The van der Waals surface area contributed by atoms with E-state index in [9.17, 15) is 0 Å². The van der Waals surface area contributed by atoms with E-state index in [1.165, 1.54) is 0 Å². The molecule has 0 nitrogen and oxygen atoms in total. The summed E-state index contributed by atoms with van der Waals surface area (Å²) in [7, 11) is 0. The molecule has 0 atom stereocenters. The lowest BCUT2D eigenvalue weighted by molar-refractivity contribution is 0.396. The predicted molar refractivity (Wildman–Crippen MR) is 75.7 cm³/mol. The first-order chi connectivity index (χ1) is 7.47. The van der Waals surface area contributed by atoms with E-state index < -0.39 is 0 Å². The van der Waals surface area contributed by atoms with Crippen LogP contribution in [0.2, 0.25) is 0 Å². The van der Waals surface area contributed by atoms with Crippen LogP contribution < -0.4 is 0 Å². The lowest BCUT2D eigenvalue weighted by Gasteiger charge is -2.21. The van der Waals surface area contributed by atoms with Gasteiger partial charge in [-0.05, 0) is 36.8 Å². The summed E-state index contributed by atoms with van der Waals surface area (Å²) in [4.78, 5) is 0. The van der Waals surface area contributed by atoms with Gasteiger partial charge in [-0.2, -0.15) is 0 Å². The molecule has 0 heterocycles. The minimum atomic E-state index is 0.280. The molecule has 0 fully saturated rings. The largest absolute Gasteiger partial charge is 0.0985 e. The molecule has 0 saturated carbocycles. The summed E-state index contributed by atoms with van der Waals surface area (Å²) in [6, 6.07) is 0. The summed E-state index contributed by atoms with van der Waals surface area (Å²) in [6.45, 7) is 12.4. The molecular weight excluding hydrogens is 216 g/mol. The minimum Gasteiger partial charge on any atom is -0.0985 e. The van der Waals surface area contributed by atoms with Crippen molar-refractivity contribution in [2.75, 3.05) is 0 Å². The van der Waals surface area contributed by atoms with E-state index in [4.69, 9.17) is 11.6 Å². The first kappa shape index (κ1) is 15.2. The Bertz CT molecular complexity index is 297. The third-order valence-electron chi connectivity index (χ3n) is 3.03. The highest BCUT2D eigenvalue weighted by molar-refractivity contribution is 6.29. The Morgan fingerprint density at radius 2 is 1.81 bits per heavy atom. The van der Waals surface area contributed by atoms with Gasteiger partial charge in [0.2, 0.25) is 0 Å². The molecule has 0 N–H and O–H groups in total. The molecule has 1 heteroatoms. The van der Waals surface area contributed by atoms with E-state index in [1.54, 1.807) is 0 Å². The van der Waals surface area contributed by atoms with Crippen molar-refractivity contribution in [1.29, 1.82) is 0 Å². The Kier molecular flexibility index (Phi) is 7.16. The normalized spacial score (nSPS) is 14.6. The molecule has 0 aromatic heterocycles. The zero-order valence-electron chi connectivity index (χ0n) is 10.9. The van der Waals surface area contributed by atoms with Crippen LogP contribution in [-0.2, 0) is 0 Å². The number of halogens is 1. The van der Waals surface area contributed by atoms with Crippen molar-refractivity contribution in [3.05, 3.63) is 47.6 Å². The van der Waals surface area contributed by atoms with Crippen molar-refractivity contribution in [2.45, 2.75) is 40.5 Å². The maximum absolute atomic E-state index is 5.78. The van der Waals surface area contributed by atoms with Crippen LogP contribution in [0.4, 0.5) is 0 Å². The topological polar surface area (TPSA) is 0 Å². The van der Waals surface area contributed by atoms with Crippen LogP contribution in [0, 0.1) is 5.41 Å². The van der Waals surface area contributed by atoms with E-state index in [1.807, 2.05) is 25.2 Å². The molecule has 0 aliphatic rings. The molecular formula is C15H23Cl. The number of allylic oxidation sites excluding steroid dienone is 7. The molecule has 16 heavy (non-hydrogen) atoms. The van der Waals surface area contributed by atoms with Crippen molar-refractivity contribution in [3.63, 3.8) is 0 Å². The second-order valence-electron chi connectivity index (χ2n) is 4.32. The Morgan fingerprint density at radius 1 is 1.25 bits per heavy atom. The van der Waals surface area contributed by atoms with Crippen LogP contribution in [0.3, 0.4) is 0 Å². The van der Waals surface area contributed by atoms with Crippen molar-refractivity contribution < 1.29 is 0 Å². The van der Waals surface area contributed by atoms with Gasteiger partial charge in [-0.15, -0.1) is 0 Å². The highest BCUT2D eigenvalue weighted by atomic mass is 35.5. The molecule has 0 radical (unpaired) electrons. The Labute approximate surface area is 105 Å². The Hall–Kier alpha value is -0.750. The quantitative estimate of drug-likeness (QED) is 0.527. The first-order valence-electron chi connectivity index (χ1n) is 5.83. The first-order valence-corrected chi connectivity index (χ1v) is 6.21. The van der Waals surface area contributed by atoms with Crippen LogP contribution in [0.25, 0.3) is 0 Å². The molecule has 0 saturated heterocycles. The number of hydrogen-bond acceptors (Lipinski definition) is 0. The van der Waals surface area contributed by atoms with E-state index >= 15 is 0 Å². The summed E-state index contributed by atoms with van der Waals surface area (Å²) >= 11 is 5.78. The smallest absolute Gasteiger partial charge is 0.0150 e. The molecule has 0 aromatic rings. The van der Waals surface area contributed by atoms with Crippen LogP contribution in [0.5, 0.6) is 0 Å². The molecule has 0 bridgehead atoms. The Morgan fingerprint density at radius 3 is 2.19 bits per heavy atom. The summed E-state index contributed by atoms with van der Waals surface area (Å²) in [5, 5.41) is 0.779. The van der Waals surface area contributed by atoms with Gasteiger partial charge in [-0.25, -0.2) is 0 Å². The minimum absolute atomic E-state index is 0.280. The van der Waals surface area contributed by atoms with Gasteiger partial charge >= 0.3 is 0 Å². The van der Waals surface area contributed by atoms with Crippen molar-refractivity contribution in [1.82, 2.24) is 0 Å². The van der Waals surface area contributed by atoms with E-state index in [0.29, 0.717) is 0 Å². The molecule has 90 valence electrons. The zero-order chi connectivity index (χ0) is 12.6. The van der Waals surface area contributed by atoms with Gasteiger partial charge in [0.25, 0.3) is 0 Å². The van der Waals surface area contributed by atoms with Crippen molar-refractivity contribution in [2.24, 2.45) is 5.41 Å². The second-order valence-corrected chi connectivity index (χ2v) is 4.91. The highest BCUT2D eigenvalue weighted by Crippen LogP contribution is 2.27. The van der Waals surface area contributed by atoms with Crippen LogP contribution in [0.1, 0.15) is 40.5 Å². The fourth-order valence-electron chi connectivity index (χ4n) is 1.19. The van der Waals surface area contributed by atoms with Gasteiger partial charge in [-0.3, -0.25) is 0 Å².